The molecule has 0 N–H and O–H groups in total. The molecular weight excluding hydrogens is 184 g/mol. The Morgan fingerprint density at radius 3 is 3.31 bits per heavy atom. The van der Waals surface area contributed by atoms with Crippen molar-refractivity contribution in [2.24, 2.45) is 5.92 Å². The molecule has 1 unspecified atom stereocenters. The van der Waals surface area contributed by atoms with Crippen LogP contribution in [0.25, 0.3) is 0 Å². The Morgan fingerprint density at radius 1 is 1.69 bits per heavy atom. The molecule has 2 nitrogen and oxygen atoms in total. The van der Waals surface area contributed by atoms with E-state index in [0.717, 1.165) is 19.3 Å². The molecule has 0 saturated carbocycles. The van der Waals surface area contributed by atoms with Crippen molar-refractivity contribution in [1.82, 2.24) is 0 Å². The highest BCUT2D eigenvalue weighted by Gasteiger charge is 2.25. The lowest BCUT2D eigenvalue weighted by atomic mass is 9.89. The zero-order valence-electron chi connectivity index (χ0n) is 7.58. The Morgan fingerprint density at radius 2 is 2.54 bits per heavy atom. The average molecular weight is 196 g/mol. The first-order valence-corrected chi connectivity index (χ1v) is 5.32. The predicted octanol–water partition coefficient (Wildman–Crippen LogP) is 2.03. The maximum atomic E-state index is 11.3. The Balaban J connectivity index is 2.13. The van der Waals surface area contributed by atoms with Gasteiger partial charge in [-0.2, -0.15) is 0 Å². The zero-order valence-corrected chi connectivity index (χ0v) is 8.39. The second kappa shape index (κ2) is 3.50. The molecule has 0 amide bonds. The van der Waals surface area contributed by atoms with Crippen molar-refractivity contribution < 1.29 is 9.53 Å². The molecule has 1 heterocycles. The lowest BCUT2D eigenvalue weighted by Crippen LogP contribution is -2.22. The smallest absolute Gasteiger partial charge is 0.309 e. The normalized spacial score (nSPS) is 20.8. The lowest BCUT2D eigenvalue weighted by Gasteiger charge is -2.19. The second-order valence-electron chi connectivity index (χ2n) is 3.33. The fourth-order valence-corrected chi connectivity index (χ4v) is 2.81. The third-order valence-electron chi connectivity index (χ3n) is 2.57. The maximum absolute atomic E-state index is 11.3. The third kappa shape index (κ3) is 1.61. The molecule has 0 saturated heterocycles. The van der Waals surface area contributed by atoms with Gasteiger partial charge in [-0.25, -0.2) is 0 Å². The summed E-state index contributed by atoms with van der Waals surface area (Å²) in [4.78, 5) is 12.6. The van der Waals surface area contributed by atoms with Crippen LogP contribution in [0.2, 0.25) is 0 Å². The van der Waals surface area contributed by atoms with E-state index in [1.807, 2.05) is 0 Å². The Labute approximate surface area is 81.5 Å². The van der Waals surface area contributed by atoms with Gasteiger partial charge in [0.05, 0.1) is 13.0 Å². The Kier molecular flexibility index (Phi) is 2.36. The van der Waals surface area contributed by atoms with Gasteiger partial charge in [0.2, 0.25) is 0 Å². The molecule has 1 aromatic heterocycles. The van der Waals surface area contributed by atoms with Crippen LogP contribution in [0.15, 0.2) is 11.4 Å². The maximum Gasteiger partial charge on any atom is 0.309 e. The topological polar surface area (TPSA) is 26.3 Å². The number of aryl methyl sites for hydroxylation is 1. The van der Waals surface area contributed by atoms with Crippen LogP contribution in [0.1, 0.15) is 16.9 Å². The van der Waals surface area contributed by atoms with Gasteiger partial charge in [-0.3, -0.25) is 4.79 Å². The van der Waals surface area contributed by atoms with Crippen molar-refractivity contribution in [3.63, 3.8) is 0 Å². The summed E-state index contributed by atoms with van der Waals surface area (Å²) in [6.07, 6.45) is 2.84. The molecule has 0 bridgehead atoms. The van der Waals surface area contributed by atoms with Crippen LogP contribution in [0, 0.1) is 5.92 Å². The minimum Gasteiger partial charge on any atom is -0.469 e. The highest BCUT2D eigenvalue weighted by Crippen LogP contribution is 2.29. The van der Waals surface area contributed by atoms with Gasteiger partial charge in [-0.05, 0) is 36.3 Å². The molecule has 1 atom stereocenters. The molecule has 0 aliphatic heterocycles. The van der Waals surface area contributed by atoms with E-state index in [-0.39, 0.29) is 11.9 Å². The van der Waals surface area contributed by atoms with E-state index in [2.05, 4.69) is 11.4 Å². The number of methoxy groups -OCH3 is 1. The van der Waals surface area contributed by atoms with E-state index >= 15 is 0 Å². The van der Waals surface area contributed by atoms with Crippen molar-refractivity contribution in [2.45, 2.75) is 19.3 Å². The predicted molar refractivity (Wildman–Crippen MR) is 51.9 cm³/mol. The summed E-state index contributed by atoms with van der Waals surface area (Å²) in [7, 11) is 1.46. The molecule has 1 aliphatic carbocycles. The highest BCUT2D eigenvalue weighted by molar-refractivity contribution is 7.10. The van der Waals surface area contributed by atoms with E-state index in [9.17, 15) is 4.79 Å². The summed E-state index contributed by atoms with van der Waals surface area (Å²) in [5.41, 5.74) is 1.42. The number of carbonyl (C=O) groups excluding carboxylic acids is 1. The molecule has 0 spiro atoms. The average Bonchev–Trinajstić information content (AvgIpc) is 2.63. The SMILES string of the molecule is COC(=O)C1CCc2ccsc2C1. The lowest BCUT2D eigenvalue weighted by molar-refractivity contribution is -0.145. The fraction of sp³-hybridized carbons (Fsp3) is 0.500. The molecule has 2 rings (SSSR count). The van der Waals surface area contributed by atoms with Gasteiger partial charge < -0.3 is 4.74 Å². The molecular formula is C10H12O2S. The molecule has 0 fully saturated rings. The molecule has 13 heavy (non-hydrogen) atoms. The molecule has 1 aromatic rings. The van der Waals surface area contributed by atoms with Crippen molar-refractivity contribution in [3.8, 4) is 0 Å². The van der Waals surface area contributed by atoms with E-state index in [4.69, 9.17) is 4.74 Å². The number of hydrogen-bond acceptors (Lipinski definition) is 3. The number of esters is 1. The third-order valence-corrected chi connectivity index (χ3v) is 3.55. The van der Waals surface area contributed by atoms with E-state index in [1.165, 1.54) is 17.6 Å². The van der Waals surface area contributed by atoms with Crippen molar-refractivity contribution in [2.75, 3.05) is 7.11 Å². The van der Waals surface area contributed by atoms with Crippen LogP contribution < -0.4 is 0 Å². The number of carbonyl (C=O) groups is 1. The first-order valence-electron chi connectivity index (χ1n) is 4.44. The van der Waals surface area contributed by atoms with Gasteiger partial charge >= 0.3 is 5.97 Å². The van der Waals surface area contributed by atoms with Crippen LogP contribution in [-0.4, -0.2) is 13.1 Å². The van der Waals surface area contributed by atoms with Crippen molar-refractivity contribution >= 4 is 17.3 Å². The Hall–Kier alpha value is -0.830. The van der Waals surface area contributed by atoms with Gasteiger partial charge in [0.1, 0.15) is 0 Å². The molecule has 0 aromatic carbocycles. The monoisotopic (exact) mass is 196 g/mol. The standard InChI is InChI=1S/C10H12O2S/c1-12-10(11)8-3-2-7-4-5-13-9(7)6-8/h4-5,8H,2-3,6H2,1H3. The van der Waals surface area contributed by atoms with Crippen LogP contribution >= 0.6 is 11.3 Å². The van der Waals surface area contributed by atoms with Gasteiger partial charge in [0.25, 0.3) is 0 Å². The summed E-state index contributed by atoms with van der Waals surface area (Å²) in [6, 6.07) is 2.16. The first-order chi connectivity index (χ1) is 6.31. The van der Waals surface area contributed by atoms with E-state index in [0.29, 0.717) is 0 Å². The van der Waals surface area contributed by atoms with Gasteiger partial charge in [0.15, 0.2) is 0 Å². The first kappa shape index (κ1) is 8.75. The van der Waals surface area contributed by atoms with Crippen LogP contribution in [0.5, 0.6) is 0 Å². The van der Waals surface area contributed by atoms with Crippen molar-refractivity contribution in [3.05, 3.63) is 21.9 Å². The number of ether oxygens (including phenoxy) is 1. The second-order valence-corrected chi connectivity index (χ2v) is 4.33. The minimum atomic E-state index is -0.0564. The number of rotatable bonds is 1. The quantitative estimate of drug-likeness (QED) is 0.642. The number of fused-ring (bicyclic) bond motifs is 1. The summed E-state index contributed by atoms with van der Waals surface area (Å²) in [5.74, 6) is 0.0372. The molecule has 3 heteroatoms. The highest BCUT2D eigenvalue weighted by atomic mass is 32.1. The summed E-state index contributed by atoms with van der Waals surface area (Å²) >= 11 is 1.75. The fourth-order valence-electron chi connectivity index (χ4n) is 1.79. The van der Waals surface area contributed by atoms with Crippen LogP contribution in [0.4, 0.5) is 0 Å². The number of thiophene rings is 1. The molecule has 0 radical (unpaired) electrons. The largest absolute Gasteiger partial charge is 0.469 e. The van der Waals surface area contributed by atoms with E-state index < -0.39 is 0 Å². The zero-order chi connectivity index (χ0) is 9.26. The summed E-state index contributed by atoms with van der Waals surface area (Å²) < 4.78 is 4.75. The number of hydrogen-bond donors (Lipinski definition) is 0. The van der Waals surface area contributed by atoms with Gasteiger partial charge in [0, 0.05) is 4.88 Å². The van der Waals surface area contributed by atoms with Crippen LogP contribution in [0.3, 0.4) is 0 Å². The molecule has 70 valence electrons. The van der Waals surface area contributed by atoms with Gasteiger partial charge in [-0.15, -0.1) is 11.3 Å². The Bertz CT molecular complexity index is 316. The van der Waals surface area contributed by atoms with E-state index in [1.54, 1.807) is 11.3 Å². The van der Waals surface area contributed by atoms with Crippen molar-refractivity contribution in [1.29, 1.82) is 0 Å². The summed E-state index contributed by atoms with van der Waals surface area (Å²) in [6.45, 7) is 0. The van der Waals surface area contributed by atoms with Crippen LogP contribution in [-0.2, 0) is 22.4 Å². The summed E-state index contributed by atoms with van der Waals surface area (Å²) in [5, 5.41) is 2.10. The van der Waals surface area contributed by atoms with Gasteiger partial charge in [-0.1, -0.05) is 0 Å². The molecule has 1 aliphatic rings. The minimum absolute atomic E-state index is 0.0564.